The van der Waals surface area contributed by atoms with E-state index in [0.29, 0.717) is 0 Å². The van der Waals surface area contributed by atoms with Crippen LogP contribution in [0, 0.1) is 23.7 Å². The average Bonchev–Trinajstić information content (AvgIpc) is 2.24. The Labute approximate surface area is 96.0 Å². The fourth-order valence-electron chi connectivity index (χ4n) is 3.15. The van der Waals surface area contributed by atoms with E-state index in [4.69, 9.17) is 0 Å². The molecule has 1 rings (SSSR count). The first-order valence-electron chi connectivity index (χ1n) is 6.77. The lowest BCUT2D eigenvalue weighted by Gasteiger charge is -2.39. The van der Waals surface area contributed by atoms with Crippen molar-refractivity contribution in [1.29, 1.82) is 0 Å². The van der Waals surface area contributed by atoms with Crippen LogP contribution in [0.15, 0.2) is 0 Å². The fraction of sp³-hybridized carbons (Fsp3) is 1.00. The van der Waals surface area contributed by atoms with Gasteiger partial charge in [0, 0.05) is 6.04 Å². The van der Waals surface area contributed by atoms with Crippen LogP contribution in [0.25, 0.3) is 0 Å². The van der Waals surface area contributed by atoms with Crippen molar-refractivity contribution in [2.45, 2.75) is 59.4 Å². The minimum Gasteiger partial charge on any atom is -0.316 e. The average molecular weight is 211 g/mol. The maximum Gasteiger partial charge on any atom is 0.0118 e. The molecule has 1 aliphatic rings. The van der Waals surface area contributed by atoms with Gasteiger partial charge in [-0.25, -0.2) is 0 Å². The molecule has 0 radical (unpaired) electrons. The van der Waals surface area contributed by atoms with Crippen LogP contribution in [0.3, 0.4) is 0 Å². The minimum absolute atomic E-state index is 0.741. The van der Waals surface area contributed by atoms with E-state index < -0.39 is 0 Å². The molecule has 1 saturated carbocycles. The van der Waals surface area contributed by atoms with Gasteiger partial charge < -0.3 is 5.32 Å². The second-order valence-electron chi connectivity index (χ2n) is 5.73. The first kappa shape index (κ1) is 13.0. The highest BCUT2D eigenvalue weighted by Gasteiger charge is 2.31. The molecule has 1 fully saturated rings. The largest absolute Gasteiger partial charge is 0.316 e. The van der Waals surface area contributed by atoms with Crippen LogP contribution in [-0.2, 0) is 0 Å². The Morgan fingerprint density at radius 3 is 2.33 bits per heavy atom. The second-order valence-corrected chi connectivity index (χ2v) is 5.73. The molecule has 0 spiro atoms. The first-order valence-corrected chi connectivity index (χ1v) is 6.77. The van der Waals surface area contributed by atoms with Gasteiger partial charge in [-0.1, -0.05) is 40.5 Å². The smallest absolute Gasteiger partial charge is 0.0118 e. The molecule has 5 atom stereocenters. The van der Waals surface area contributed by atoms with Gasteiger partial charge in [0.15, 0.2) is 0 Å². The zero-order chi connectivity index (χ0) is 11.4. The Kier molecular flexibility index (Phi) is 5.11. The molecule has 1 N–H and O–H groups in total. The summed E-state index contributed by atoms with van der Waals surface area (Å²) in [4.78, 5) is 0. The molecule has 0 saturated heterocycles. The summed E-state index contributed by atoms with van der Waals surface area (Å²) in [5.74, 6) is 3.59. The summed E-state index contributed by atoms with van der Waals surface area (Å²) in [5, 5.41) is 3.56. The van der Waals surface area contributed by atoms with Gasteiger partial charge in [-0.3, -0.25) is 0 Å². The van der Waals surface area contributed by atoms with Crippen LogP contribution in [-0.4, -0.2) is 13.1 Å². The lowest BCUT2D eigenvalue weighted by molar-refractivity contribution is 0.148. The van der Waals surface area contributed by atoms with Gasteiger partial charge in [0.05, 0.1) is 0 Å². The molecule has 0 heterocycles. The van der Waals surface area contributed by atoms with Crippen molar-refractivity contribution in [2.24, 2.45) is 23.7 Å². The van der Waals surface area contributed by atoms with Crippen LogP contribution in [0.2, 0.25) is 0 Å². The standard InChI is InChI=1S/C14H29N/c1-6-10(2)14(15-5)13-8-7-11(3)12(4)9-13/h10-15H,6-9H2,1-5H3. The van der Waals surface area contributed by atoms with Gasteiger partial charge in [-0.15, -0.1) is 0 Å². The topological polar surface area (TPSA) is 12.0 Å². The fourth-order valence-corrected chi connectivity index (χ4v) is 3.15. The number of nitrogens with one attached hydrogen (secondary N) is 1. The normalized spacial score (nSPS) is 36.2. The maximum atomic E-state index is 3.56. The van der Waals surface area contributed by atoms with Gasteiger partial charge in [-0.05, 0) is 43.6 Å². The van der Waals surface area contributed by atoms with Gasteiger partial charge in [0.1, 0.15) is 0 Å². The molecule has 1 heteroatoms. The van der Waals surface area contributed by atoms with E-state index in [1.54, 1.807) is 0 Å². The number of hydrogen-bond donors (Lipinski definition) is 1. The highest BCUT2D eigenvalue weighted by atomic mass is 14.9. The molecule has 0 amide bonds. The first-order chi connectivity index (χ1) is 7.10. The van der Waals surface area contributed by atoms with Crippen LogP contribution >= 0.6 is 0 Å². The Bertz CT molecular complexity index is 178. The van der Waals surface area contributed by atoms with E-state index in [0.717, 1.165) is 29.7 Å². The molecule has 15 heavy (non-hydrogen) atoms. The lowest BCUT2D eigenvalue weighted by atomic mass is 9.71. The van der Waals surface area contributed by atoms with Crippen LogP contribution in [0.1, 0.15) is 53.4 Å². The van der Waals surface area contributed by atoms with Crippen LogP contribution < -0.4 is 5.32 Å². The van der Waals surface area contributed by atoms with Gasteiger partial charge in [0.25, 0.3) is 0 Å². The van der Waals surface area contributed by atoms with Crippen molar-refractivity contribution >= 4 is 0 Å². The quantitative estimate of drug-likeness (QED) is 0.748. The molecule has 0 aliphatic heterocycles. The molecule has 0 aromatic carbocycles. The molecular formula is C14H29N. The molecule has 0 aromatic rings. The molecule has 5 unspecified atom stereocenters. The van der Waals surface area contributed by atoms with Crippen LogP contribution in [0.5, 0.6) is 0 Å². The summed E-state index contributed by atoms with van der Waals surface area (Å²) in [6.45, 7) is 9.55. The van der Waals surface area contributed by atoms with E-state index in [1.165, 1.54) is 25.7 Å². The van der Waals surface area contributed by atoms with Crippen molar-refractivity contribution in [3.8, 4) is 0 Å². The third kappa shape index (κ3) is 3.21. The summed E-state index contributed by atoms with van der Waals surface area (Å²) in [6.07, 6.45) is 5.59. The van der Waals surface area contributed by atoms with Crippen LogP contribution in [0.4, 0.5) is 0 Å². The Balaban J connectivity index is 2.54. The highest BCUT2D eigenvalue weighted by Crippen LogP contribution is 2.36. The van der Waals surface area contributed by atoms with Crippen molar-refractivity contribution in [1.82, 2.24) is 5.32 Å². The number of rotatable bonds is 4. The Morgan fingerprint density at radius 1 is 1.20 bits per heavy atom. The van der Waals surface area contributed by atoms with Crippen molar-refractivity contribution in [3.63, 3.8) is 0 Å². The molecule has 0 bridgehead atoms. The van der Waals surface area contributed by atoms with Gasteiger partial charge in [-0.2, -0.15) is 0 Å². The lowest BCUT2D eigenvalue weighted by Crippen LogP contribution is -2.42. The third-order valence-electron chi connectivity index (χ3n) is 4.74. The van der Waals surface area contributed by atoms with Crippen molar-refractivity contribution in [3.05, 3.63) is 0 Å². The zero-order valence-corrected chi connectivity index (χ0v) is 11.2. The molecular weight excluding hydrogens is 182 g/mol. The monoisotopic (exact) mass is 211 g/mol. The van der Waals surface area contributed by atoms with E-state index in [1.807, 2.05) is 0 Å². The van der Waals surface area contributed by atoms with E-state index in [9.17, 15) is 0 Å². The second kappa shape index (κ2) is 5.89. The SMILES string of the molecule is CCC(C)C(NC)C1CCC(C)C(C)C1. The Morgan fingerprint density at radius 2 is 1.87 bits per heavy atom. The number of hydrogen-bond acceptors (Lipinski definition) is 1. The van der Waals surface area contributed by atoms with Crippen molar-refractivity contribution in [2.75, 3.05) is 7.05 Å². The summed E-state index contributed by atoms with van der Waals surface area (Å²) in [6, 6.07) is 0.741. The predicted molar refractivity (Wildman–Crippen MR) is 68.0 cm³/mol. The maximum absolute atomic E-state index is 3.56. The van der Waals surface area contributed by atoms with Gasteiger partial charge >= 0.3 is 0 Å². The van der Waals surface area contributed by atoms with E-state index >= 15 is 0 Å². The summed E-state index contributed by atoms with van der Waals surface area (Å²) < 4.78 is 0. The predicted octanol–water partition coefficient (Wildman–Crippen LogP) is 3.69. The van der Waals surface area contributed by atoms with Gasteiger partial charge in [0.2, 0.25) is 0 Å². The molecule has 0 aromatic heterocycles. The summed E-state index contributed by atoms with van der Waals surface area (Å²) in [7, 11) is 2.14. The highest BCUT2D eigenvalue weighted by molar-refractivity contribution is 4.85. The zero-order valence-electron chi connectivity index (χ0n) is 11.2. The van der Waals surface area contributed by atoms with E-state index in [-0.39, 0.29) is 0 Å². The third-order valence-corrected chi connectivity index (χ3v) is 4.74. The molecule has 1 nitrogen and oxygen atoms in total. The summed E-state index contributed by atoms with van der Waals surface area (Å²) >= 11 is 0. The summed E-state index contributed by atoms with van der Waals surface area (Å²) in [5.41, 5.74) is 0. The van der Waals surface area contributed by atoms with E-state index in [2.05, 4.69) is 40.1 Å². The molecule has 1 aliphatic carbocycles. The molecule has 90 valence electrons. The van der Waals surface area contributed by atoms with Crippen molar-refractivity contribution < 1.29 is 0 Å². The minimum atomic E-state index is 0.741. The Hall–Kier alpha value is -0.0400.